The summed E-state index contributed by atoms with van der Waals surface area (Å²) < 4.78 is 16.7. The van der Waals surface area contributed by atoms with Crippen LogP contribution in [0.4, 0.5) is 4.39 Å². The zero-order valence-electron chi connectivity index (χ0n) is 15.6. The predicted molar refractivity (Wildman–Crippen MR) is 94.0 cm³/mol. The minimum absolute atomic E-state index is 0.0346. The van der Waals surface area contributed by atoms with E-state index in [2.05, 4.69) is 0 Å². The number of carbonyl (C=O) groups excluding carboxylic acids is 2. The van der Waals surface area contributed by atoms with E-state index in [0.29, 0.717) is 32.1 Å². The molecule has 144 valence electrons. The van der Waals surface area contributed by atoms with Crippen LogP contribution >= 0.6 is 0 Å². The molecule has 4 aliphatic rings. The lowest BCUT2D eigenvalue weighted by atomic mass is 9.44. The molecule has 0 spiro atoms. The van der Waals surface area contributed by atoms with E-state index in [1.54, 1.807) is 6.08 Å². The molecule has 3 fully saturated rings. The molecule has 0 aliphatic heterocycles. The summed E-state index contributed by atoms with van der Waals surface area (Å²) in [6.45, 7) is 3.40. The van der Waals surface area contributed by atoms with Crippen molar-refractivity contribution in [1.82, 2.24) is 0 Å². The molecular weight excluding hydrogens is 335 g/mol. The Morgan fingerprint density at radius 2 is 1.96 bits per heavy atom. The highest BCUT2D eigenvalue weighted by Gasteiger charge is 2.71. The summed E-state index contributed by atoms with van der Waals surface area (Å²) in [6.07, 6.45) is 4.23. The first-order chi connectivity index (χ1) is 12.2. The second-order valence-electron chi connectivity index (χ2n) is 9.47. The molecule has 0 aromatic carbocycles. The van der Waals surface area contributed by atoms with Gasteiger partial charge >= 0.3 is 0 Å². The van der Waals surface area contributed by atoms with Crippen molar-refractivity contribution in [2.75, 3.05) is 6.61 Å². The fourth-order valence-electron chi connectivity index (χ4n) is 7.21. The lowest BCUT2D eigenvalue weighted by molar-refractivity contribution is -0.208. The van der Waals surface area contributed by atoms with Gasteiger partial charge in [-0.3, -0.25) is 9.59 Å². The van der Waals surface area contributed by atoms with Crippen LogP contribution in [0.3, 0.4) is 0 Å². The molecule has 0 radical (unpaired) electrons. The SMILES string of the molecule is C[C@]12C[C@H](O)C3(F)[C@@H](CCC4=CC(=O)CC[C@@]43C)[C@@H]1CC[C@@H]2C(=O)CO. The second kappa shape index (κ2) is 5.71. The molecular formula is C21H29FO4. The summed E-state index contributed by atoms with van der Waals surface area (Å²) in [5, 5.41) is 20.4. The monoisotopic (exact) mass is 364 g/mol. The van der Waals surface area contributed by atoms with E-state index in [-0.39, 0.29) is 35.7 Å². The summed E-state index contributed by atoms with van der Waals surface area (Å²) in [5.41, 5.74) is -2.15. The topological polar surface area (TPSA) is 74.6 Å². The number of halogens is 1. The van der Waals surface area contributed by atoms with E-state index in [1.807, 2.05) is 13.8 Å². The van der Waals surface area contributed by atoms with Crippen LogP contribution in [0.1, 0.15) is 58.8 Å². The molecule has 4 rings (SSSR count). The molecule has 0 bridgehead atoms. The lowest BCUT2D eigenvalue weighted by Crippen LogP contribution is -2.67. The third-order valence-electron chi connectivity index (χ3n) is 8.58. The first-order valence-corrected chi connectivity index (χ1v) is 9.93. The van der Waals surface area contributed by atoms with Gasteiger partial charge in [0.25, 0.3) is 0 Å². The molecule has 26 heavy (non-hydrogen) atoms. The summed E-state index contributed by atoms with van der Waals surface area (Å²) in [5.74, 6) is -0.687. The Morgan fingerprint density at radius 1 is 1.23 bits per heavy atom. The lowest BCUT2D eigenvalue weighted by Gasteiger charge is -2.62. The van der Waals surface area contributed by atoms with Gasteiger partial charge < -0.3 is 10.2 Å². The summed E-state index contributed by atoms with van der Waals surface area (Å²) in [4.78, 5) is 24.1. The average Bonchev–Trinajstić information content (AvgIpc) is 2.93. The van der Waals surface area contributed by atoms with E-state index >= 15 is 4.39 Å². The maximum absolute atomic E-state index is 16.7. The van der Waals surface area contributed by atoms with Gasteiger partial charge in [-0.2, -0.15) is 0 Å². The molecule has 0 saturated heterocycles. The van der Waals surface area contributed by atoms with Crippen molar-refractivity contribution >= 4 is 11.6 Å². The van der Waals surface area contributed by atoms with Gasteiger partial charge in [-0.05, 0) is 55.9 Å². The highest BCUT2D eigenvalue weighted by Crippen LogP contribution is 2.69. The van der Waals surface area contributed by atoms with Gasteiger partial charge in [0.1, 0.15) is 12.3 Å². The number of aliphatic hydroxyl groups excluding tert-OH is 2. The van der Waals surface area contributed by atoms with E-state index in [4.69, 9.17) is 0 Å². The first-order valence-electron chi connectivity index (χ1n) is 9.93. The maximum Gasteiger partial charge on any atom is 0.161 e. The molecule has 1 unspecified atom stereocenters. The minimum Gasteiger partial charge on any atom is -0.390 e. The average molecular weight is 364 g/mol. The third kappa shape index (κ3) is 2.07. The number of Topliss-reactive ketones (excluding diaryl/α,β-unsaturated/α-hetero) is 1. The number of ketones is 2. The van der Waals surface area contributed by atoms with Gasteiger partial charge in [0.15, 0.2) is 11.6 Å². The highest BCUT2D eigenvalue weighted by atomic mass is 19.1. The number of rotatable bonds is 2. The fraction of sp³-hybridized carbons (Fsp3) is 0.810. The normalized spacial score (nSPS) is 50.5. The number of aliphatic hydroxyl groups is 2. The Hall–Kier alpha value is -1.07. The van der Waals surface area contributed by atoms with Crippen LogP contribution in [0.5, 0.6) is 0 Å². The van der Waals surface area contributed by atoms with Crippen molar-refractivity contribution in [3.8, 4) is 0 Å². The molecule has 2 N–H and O–H groups in total. The molecule has 0 aromatic rings. The molecule has 4 aliphatic carbocycles. The van der Waals surface area contributed by atoms with E-state index in [1.165, 1.54) is 0 Å². The number of carbonyl (C=O) groups is 2. The molecule has 0 amide bonds. The van der Waals surface area contributed by atoms with Crippen LogP contribution in [0.25, 0.3) is 0 Å². The third-order valence-corrected chi connectivity index (χ3v) is 8.58. The number of alkyl halides is 1. The zero-order chi connectivity index (χ0) is 18.9. The standard InChI is InChI=1S/C21H29FO4/c1-19-10-18(26)21(22)15(14(19)5-6-16(19)17(25)11-23)4-3-12-9-13(24)7-8-20(12,21)2/h9,14-16,18,23,26H,3-8,10-11H2,1-2H3/t14-,15-,16+,18-,19-,20-,21?/m0/s1. The van der Waals surface area contributed by atoms with Crippen molar-refractivity contribution < 1.29 is 24.2 Å². The van der Waals surface area contributed by atoms with Crippen molar-refractivity contribution in [2.24, 2.45) is 28.6 Å². The molecule has 0 heterocycles. The molecule has 0 aromatic heterocycles. The van der Waals surface area contributed by atoms with Crippen LogP contribution < -0.4 is 0 Å². The van der Waals surface area contributed by atoms with Crippen molar-refractivity contribution in [2.45, 2.75) is 70.6 Å². The van der Waals surface area contributed by atoms with E-state index < -0.39 is 29.2 Å². The number of hydrogen-bond acceptors (Lipinski definition) is 4. The van der Waals surface area contributed by atoms with Crippen LogP contribution in [-0.2, 0) is 9.59 Å². The van der Waals surface area contributed by atoms with Gasteiger partial charge in [-0.25, -0.2) is 4.39 Å². The molecule has 7 atom stereocenters. The summed E-state index contributed by atoms with van der Waals surface area (Å²) in [7, 11) is 0. The highest BCUT2D eigenvalue weighted by molar-refractivity contribution is 5.91. The van der Waals surface area contributed by atoms with Gasteiger partial charge in [0.2, 0.25) is 0 Å². The first kappa shape index (κ1) is 18.3. The Balaban J connectivity index is 1.77. The quantitative estimate of drug-likeness (QED) is 0.790. The number of allylic oxidation sites excluding steroid dienone is 1. The summed E-state index contributed by atoms with van der Waals surface area (Å²) >= 11 is 0. The molecule has 5 heteroatoms. The van der Waals surface area contributed by atoms with Gasteiger partial charge in [-0.1, -0.05) is 19.4 Å². The van der Waals surface area contributed by atoms with E-state index in [0.717, 1.165) is 12.0 Å². The fourth-order valence-corrected chi connectivity index (χ4v) is 7.21. The Kier molecular flexibility index (Phi) is 4.02. The maximum atomic E-state index is 16.7. The molecule has 3 saturated carbocycles. The van der Waals surface area contributed by atoms with Gasteiger partial charge in [-0.15, -0.1) is 0 Å². The minimum atomic E-state index is -1.75. The van der Waals surface area contributed by atoms with Gasteiger partial charge in [0, 0.05) is 23.7 Å². The number of fused-ring (bicyclic) bond motifs is 5. The van der Waals surface area contributed by atoms with Crippen LogP contribution in [0, 0.1) is 28.6 Å². The van der Waals surface area contributed by atoms with Gasteiger partial charge in [0.05, 0.1) is 6.10 Å². The van der Waals surface area contributed by atoms with Crippen molar-refractivity contribution in [3.63, 3.8) is 0 Å². The number of hydrogen-bond donors (Lipinski definition) is 2. The second-order valence-corrected chi connectivity index (χ2v) is 9.47. The zero-order valence-corrected chi connectivity index (χ0v) is 15.6. The Labute approximate surface area is 153 Å². The predicted octanol–water partition coefficient (Wildman–Crippen LogP) is 2.76. The smallest absolute Gasteiger partial charge is 0.161 e. The van der Waals surface area contributed by atoms with Crippen molar-refractivity contribution in [3.05, 3.63) is 11.6 Å². The van der Waals surface area contributed by atoms with E-state index in [9.17, 15) is 19.8 Å². The Bertz CT molecular complexity index is 687. The Morgan fingerprint density at radius 3 is 2.65 bits per heavy atom. The van der Waals surface area contributed by atoms with Crippen molar-refractivity contribution in [1.29, 1.82) is 0 Å². The van der Waals surface area contributed by atoms with Crippen LogP contribution in [0.2, 0.25) is 0 Å². The largest absolute Gasteiger partial charge is 0.390 e. The molecule has 4 nitrogen and oxygen atoms in total. The van der Waals surface area contributed by atoms with Crippen LogP contribution in [0.15, 0.2) is 11.6 Å². The summed E-state index contributed by atoms with van der Waals surface area (Å²) in [6, 6.07) is 0. The van der Waals surface area contributed by atoms with Crippen LogP contribution in [-0.4, -0.2) is 40.2 Å².